The third-order valence-electron chi connectivity index (χ3n) is 2.82. The Labute approximate surface area is 150 Å². The van der Waals surface area contributed by atoms with Crippen molar-refractivity contribution >= 4 is 60.8 Å². The molecule has 0 fully saturated rings. The maximum absolute atomic E-state index is 12.0. The molecule has 22 heavy (non-hydrogen) atoms. The van der Waals surface area contributed by atoms with E-state index in [2.05, 4.69) is 42.5 Å². The summed E-state index contributed by atoms with van der Waals surface area (Å²) in [5, 5.41) is 15.3. The van der Waals surface area contributed by atoms with E-state index in [0.717, 1.165) is 5.56 Å². The molecule has 1 amide bonds. The fourth-order valence-electron chi connectivity index (χ4n) is 1.68. The van der Waals surface area contributed by atoms with Gasteiger partial charge in [-0.25, -0.2) is 0 Å². The number of hydrogen-bond acceptors (Lipinski definition) is 3. The number of nitrogens with one attached hydrogen (secondary N) is 2. The molecule has 7 heteroatoms. The number of rotatable bonds is 2. The summed E-state index contributed by atoms with van der Waals surface area (Å²) in [4.78, 5) is 12.0. The standard InChI is InChI=1S/C15H12Br2N2O2S/c1-8-2-4-9(5-3-8)14(21)19-15(22)18-10-6-11(16)13(20)12(17)7-10/h2-7,20H,1H3,(H2,18,19,21,22). The Balaban J connectivity index is 2.04. The van der Waals surface area contributed by atoms with Gasteiger partial charge in [-0.1, -0.05) is 17.7 Å². The van der Waals surface area contributed by atoms with E-state index in [1.54, 1.807) is 24.3 Å². The van der Waals surface area contributed by atoms with Crippen molar-refractivity contribution in [3.05, 3.63) is 56.5 Å². The van der Waals surface area contributed by atoms with Crippen molar-refractivity contribution in [2.45, 2.75) is 6.92 Å². The normalized spacial score (nSPS) is 10.1. The second-order valence-electron chi connectivity index (χ2n) is 4.56. The van der Waals surface area contributed by atoms with Gasteiger partial charge in [-0.3, -0.25) is 10.1 Å². The Hall–Kier alpha value is -1.44. The SMILES string of the molecule is Cc1ccc(C(=O)NC(=S)Nc2cc(Br)c(O)c(Br)c2)cc1. The molecule has 0 heterocycles. The van der Waals surface area contributed by atoms with E-state index >= 15 is 0 Å². The first-order valence-corrected chi connectivity index (χ1v) is 8.23. The van der Waals surface area contributed by atoms with E-state index in [1.807, 2.05) is 19.1 Å². The molecule has 2 aromatic carbocycles. The molecule has 0 radical (unpaired) electrons. The third-order valence-corrected chi connectivity index (χ3v) is 4.23. The van der Waals surface area contributed by atoms with Crippen LogP contribution >= 0.6 is 44.1 Å². The molecule has 3 N–H and O–H groups in total. The minimum Gasteiger partial charge on any atom is -0.506 e. The summed E-state index contributed by atoms with van der Waals surface area (Å²) >= 11 is 11.6. The number of carbonyl (C=O) groups excluding carboxylic acids is 1. The summed E-state index contributed by atoms with van der Waals surface area (Å²) in [5.74, 6) is -0.186. The van der Waals surface area contributed by atoms with Gasteiger partial charge in [0.25, 0.3) is 5.91 Å². The molecule has 2 rings (SSSR count). The van der Waals surface area contributed by atoms with Crippen LogP contribution in [-0.4, -0.2) is 16.1 Å². The van der Waals surface area contributed by atoms with E-state index in [-0.39, 0.29) is 16.8 Å². The van der Waals surface area contributed by atoms with Gasteiger partial charge in [0.2, 0.25) is 0 Å². The van der Waals surface area contributed by atoms with Crippen LogP contribution in [0, 0.1) is 6.92 Å². The fraction of sp³-hybridized carbons (Fsp3) is 0.0667. The molecule has 114 valence electrons. The molecule has 0 spiro atoms. The molecule has 0 unspecified atom stereocenters. The summed E-state index contributed by atoms with van der Waals surface area (Å²) in [5.41, 5.74) is 2.24. The molecular weight excluding hydrogens is 432 g/mol. The summed E-state index contributed by atoms with van der Waals surface area (Å²) in [6, 6.07) is 10.5. The zero-order chi connectivity index (χ0) is 16.3. The molecule has 0 aromatic heterocycles. The van der Waals surface area contributed by atoms with Crippen molar-refractivity contribution in [1.29, 1.82) is 0 Å². The van der Waals surface area contributed by atoms with Gasteiger partial charge in [0.15, 0.2) is 5.11 Å². The topological polar surface area (TPSA) is 61.4 Å². The highest BCUT2D eigenvalue weighted by Crippen LogP contribution is 2.35. The molecule has 2 aromatic rings. The number of hydrogen-bond donors (Lipinski definition) is 3. The van der Waals surface area contributed by atoms with Crippen LogP contribution in [0.4, 0.5) is 5.69 Å². The van der Waals surface area contributed by atoms with Crippen LogP contribution < -0.4 is 10.6 Å². The first-order valence-electron chi connectivity index (χ1n) is 6.24. The van der Waals surface area contributed by atoms with Gasteiger partial charge in [-0.2, -0.15) is 0 Å². The molecule has 0 aliphatic rings. The lowest BCUT2D eigenvalue weighted by atomic mass is 10.1. The number of amides is 1. The lowest BCUT2D eigenvalue weighted by Gasteiger charge is -2.11. The number of anilines is 1. The second kappa shape index (κ2) is 7.21. The average Bonchev–Trinajstić information content (AvgIpc) is 2.45. The van der Waals surface area contributed by atoms with Gasteiger partial charge < -0.3 is 10.4 Å². The largest absolute Gasteiger partial charge is 0.506 e. The Morgan fingerprint density at radius 3 is 2.23 bits per heavy atom. The highest BCUT2D eigenvalue weighted by Gasteiger charge is 2.10. The number of aromatic hydroxyl groups is 1. The van der Waals surface area contributed by atoms with Crippen LogP contribution in [0.15, 0.2) is 45.3 Å². The summed E-state index contributed by atoms with van der Waals surface area (Å²) in [6.45, 7) is 1.95. The smallest absolute Gasteiger partial charge is 0.257 e. The van der Waals surface area contributed by atoms with E-state index in [4.69, 9.17) is 12.2 Å². The number of aryl methyl sites for hydroxylation is 1. The van der Waals surface area contributed by atoms with E-state index in [1.165, 1.54) is 0 Å². The van der Waals surface area contributed by atoms with Crippen molar-refractivity contribution < 1.29 is 9.90 Å². The predicted octanol–water partition coefficient (Wildman–Crippen LogP) is 4.35. The number of carbonyl (C=O) groups is 1. The summed E-state index contributed by atoms with van der Waals surface area (Å²) in [6.07, 6.45) is 0. The minimum atomic E-state index is -0.283. The van der Waals surface area contributed by atoms with Gasteiger partial charge in [-0.15, -0.1) is 0 Å². The molecule has 0 bridgehead atoms. The monoisotopic (exact) mass is 442 g/mol. The van der Waals surface area contributed by atoms with Crippen LogP contribution in [-0.2, 0) is 0 Å². The fourth-order valence-corrected chi connectivity index (χ4v) is 3.08. The van der Waals surface area contributed by atoms with Gasteiger partial charge in [-0.05, 0) is 75.3 Å². The second-order valence-corrected chi connectivity index (χ2v) is 6.68. The van der Waals surface area contributed by atoms with Crippen LogP contribution in [0.2, 0.25) is 0 Å². The molecule has 0 saturated carbocycles. The van der Waals surface area contributed by atoms with Crippen LogP contribution in [0.3, 0.4) is 0 Å². The lowest BCUT2D eigenvalue weighted by molar-refractivity contribution is 0.0977. The Morgan fingerprint density at radius 2 is 1.68 bits per heavy atom. The van der Waals surface area contributed by atoms with Gasteiger partial charge in [0, 0.05) is 11.3 Å². The average molecular weight is 444 g/mol. The number of benzene rings is 2. The van der Waals surface area contributed by atoms with Crippen molar-refractivity contribution in [2.75, 3.05) is 5.32 Å². The number of thiocarbonyl (C=S) groups is 1. The Kier molecular flexibility index (Phi) is 5.55. The van der Waals surface area contributed by atoms with E-state index in [0.29, 0.717) is 20.2 Å². The molecular formula is C15H12Br2N2O2S. The zero-order valence-corrected chi connectivity index (χ0v) is 15.5. The highest BCUT2D eigenvalue weighted by molar-refractivity contribution is 9.11. The van der Waals surface area contributed by atoms with Crippen molar-refractivity contribution in [2.24, 2.45) is 0 Å². The van der Waals surface area contributed by atoms with E-state index < -0.39 is 0 Å². The van der Waals surface area contributed by atoms with Crippen LogP contribution in [0.5, 0.6) is 5.75 Å². The Bertz CT molecular complexity index is 710. The number of phenolic OH excluding ortho intramolecular Hbond substituents is 1. The lowest BCUT2D eigenvalue weighted by Crippen LogP contribution is -2.34. The molecule has 0 atom stereocenters. The molecule has 0 aliphatic carbocycles. The van der Waals surface area contributed by atoms with Crippen molar-refractivity contribution in [1.82, 2.24) is 5.32 Å². The van der Waals surface area contributed by atoms with Crippen LogP contribution in [0.1, 0.15) is 15.9 Å². The third kappa shape index (κ3) is 4.28. The Morgan fingerprint density at radius 1 is 1.14 bits per heavy atom. The van der Waals surface area contributed by atoms with Crippen molar-refractivity contribution in [3.63, 3.8) is 0 Å². The summed E-state index contributed by atoms with van der Waals surface area (Å²) in [7, 11) is 0. The van der Waals surface area contributed by atoms with Gasteiger partial charge in [0.1, 0.15) is 5.75 Å². The van der Waals surface area contributed by atoms with E-state index in [9.17, 15) is 9.90 Å². The first-order chi connectivity index (χ1) is 10.4. The zero-order valence-electron chi connectivity index (χ0n) is 11.5. The number of halogens is 2. The highest BCUT2D eigenvalue weighted by atomic mass is 79.9. The number of phenols is 1. The molecule has 4 nitrogen and oxygen atoms in total. The maximum Gasteiger partial charge on any atom is 0.257 e. The predicted molar refractivity (Wildman–Crippen MR) is 98.4 cm³/mol. The quantitative estimate of drug-likeness (QED) is 0.476. The maximum atomic E-state index is 12.0. The molecule has 0 saturated heterocycles. The first kappa shape index (κ1) is 16.9. The minimum absolute atomic E-state index is 0.0974. The van der Waals surface area contributed by atoms with Gasteiger partial charge in [0.05, 0.1) is 8.95 Å². The van der Waals surface area contributed by atoms with Crippen molar-refractivity contribution in [3.8, 4) is 5.75 Å². The molecule has 0 aliphatic heterocycles. The summed E-state index contributed by atoms with van der Waals surface area (Å²) < 4.78 is 1.02. The van der Waals surface area contributed by atoms with Crippen LogP contribution in [0.25, 0.3) is 0 Å². The van der Waals surface area contributed by atoms with Gasteiger partial charge >= 0.3 is 0 Å².